The summed E-state index contributed by atoms with van der Waals surface area (Å²) in [5.74, 6) is 0. The van der Waals surface area contributed by atoms with Crippen LogP contribution in [0.15, 0.2) is 16.3 Å². The summed E-state index contributed by atoms with van der Waals surface area (Å²) in [6, 6.07) is 4.72. The molecule has 0 amide bonds. The van der Waals surface area contributed by atoms with E-state index in [4.69, 9.17) is 5.26 Å². The van der Waals surface area contributed by atoms with E-state index in [1.807, 2.05) is 19.9 Å². The lowest BCUT2D eigenvalue weighted by atomic mass is 10.2. The first-order valence-electron chi connectivity index (χ1n) is 5.54. The maximum atomic E-state index is 12.0. The maximum Gasteiger partial charge on any atom is 0.251 e. The Morgan fingerprint density at radius 2 is 2.18 bits per heavy atom. The fourth-order valence-electron chi connectivity index (χ4n) is 1.38. The normalized spacial score (nSPS) is 13.2. The number of sulfonamides is 1. The molecule has 0 spiro atoms. The van der Waals surface area contributed by atoms with E-state index in [0.29, 0.717) is 6.42 Å². The molecule has 0 saturated heterocycles. The number of thiophene rings is 1. The van der Waals surface area contributed by atoms with E-state index < -0.39 is 16.1 Å². The Hall–Kier alpha value is -0.900. The zero-order valence-electron chi connectivity index (χ0n) is 9.93. The van der Waals surface area contributed by atoms with Crippen LogP contribution in [0.3, 0.4) is 0 Å². The van der Waals surface area contributed by atoms with Gasteiger partial charge in [-0.3, -0.25) is 0 Å². The second kappa shape index (κ2) is 6.15. The highest BCUT2D eigenvalue weighted by molar-refractivity contribution is 7.91. The smallest absolute Gasteiger partial charge is 0.206 e. The molecule has 1 N–H and O–H groups in total. The van der Waals surface area contributed by atoms with Crippen LogP contribution < -0.4 is 4.72 Å². The third-order valence-electron chi connectivity index (χ3n) is 2.28. The molecule has 0 aliphatic rings. The minimum absolute atomic E-state index is 0.283. The predicted molar refractivity (Wildman–Crippen MR) is 68.3 cm³/mol. The van der Waals surface area contributed by atoms with Crippen LogP contribution in [0.4, 0.5) is 0 Å². The molecule has 17 heavy (non-hydrogen) atoms. The molecule has 0 aliphatic carbocycles. The third-order valence-corrected chi connectivity index (χ3v) is 5.47. The van der Waals surface area contributed by atoms with Gasteiger partial charge in [-0.05, 0) is 25.0 Å². The van der Waals surface area contributed by atoms with Gasteiger partial charge in [-0.1, -0.05) is 20.3 Å². The van der Waals surface area contributed by atoms with E-state index in [9.17, 15) is 8.42 Å². The Bertz CT molecular complexity index is 500. The lowest BCUT2D eigenvalue weighted by Gasteiger charge is -2.09. The van der Waals surface area contributed by atoms with Crippen molar-refractivity contribution in [3.05, 3.63) is 17.0 Å². The van der Waals surface area contributed by atoms with Gasteiger partial charge < -0.3 is 0 Å². The first kappa shape index (κ1) is 14.2. The molecule has 0 bridgehead atoms. The molecule has 94 valence electrons. The molecule has 1 unspecified atom stereocenters. The number of nitrogens with zero attached hydrogens (tertiary/aromatic N) is 1. The highest BCUT2D eigenvalue weighted by Gasteiger charge is 2.20. The van der Waals surface area contributed by atoms with Crippen molar-refractivity contribution in [2.24, 2.45) is 0 Å². The Kier molecular flexibility index (Phi) is 5.12. The van der Waals surface area contributed by atoms with Gasteiger partial charge in [0.05, 0.1) is 6.07 Å². The molecule has 1 aromatic heterocycles. The van der Waals surface area contributed by atoms with Gasteiger partial charge in [0.1, 0.15) is 10.3 Å². The second-order valence-electron chi connectivity index (χ2n) is 3.67. The van der Waals surface area contributed by atoms with Gasteiger partial charge in [-0.25, -0.2) is 8.42 Å². The van der Waals surface area contributed by atoms with Crippen LogP contribution in [0.5, 0.6) is 0 Å². The number of hydrogen-bond acceptors (Lipinski definition) is 4. The van der Waals surface area contributed by atoms with Gasteiger partial charge in [-0.15, -0.1) is 11.3 Å². The molecular weight excluding hydrogens is 256 g/mol. The van der Waals surface area contributed by atoms with Crippen LogP contribution >= 0.6 is 11.3 Å². The average Bonchev–Trinajstić information content (AvgIpc) is 2.77. The fraction of sp³-hybridized carbons (Fsp3) is 0.545. The summed E-state index contributed by atoms with van der Waals surface area (Å²) >= 11 is 1.25. The van der Waals surface area contributed by atoms with Crippen LogP contribution in [0.25, 0.3) is 0 Å². The predicted octanol–water partition coefficient (Wildman–Crippen LogP) is 2.28. The molecule has 1 rings (SSSR count). The number of rotatable bonds is 6. The van der Waals surface area contributed by atoms with E-state index in [0.717, 1.165) is 17.7 Å². The minimum Gasteiger partial charge on any atom is -0.206 e. The molecule has 1 heterocycles. The van der Waals surface area contributed by atoms with Crippen molar-refractivity contribution in [2.45, 2.75) is 43.4 Å². The lowest BCUT2D eigenvalue weighted by molar-refractivity contribution is 0.565. The van der Waals surface area contributed by atoms with E-state index in [2.05, 4.69) is 4.72 Å². The van der Waals surface area contributed by atoms with E-state index >= 15 is 0 Å². The number of hydrogen-bond donors (Lipinski definition) is 1. The summed E-state index contributed by atoms with van der Waals surface area (Å²) < 4.78 is 26.6. The third kappa shape index (κ3) is 3.80. The summed E-state index contributed by atoms with van der Waals surface area (Å²) in [7, 11) is -3.54. The first-order chi connectivity index (χ1) is 8.03. The monoisotopic (exact) mass is 272 g/mol. The van der Waals surface area contributed by atoms with Crippen LogP contribution in [0, 0.1) is 11.3 Å². The standard InChI is InChI=1S/C11H16N2O2S2/c1-3-5-9(8-12)13-17(14,15)11-7-6-10(4-2)16-11/h6-7,9,13H,3-5H2,1-2H3. The first-order valence-corrected chi connectivity index (χ1v) is 7.84. The van der Waals surface area contributed by atoms with E-state index in [1.54, 1.807) is 12.1 Å². The Morgan fingerprint density at radius 3 is 2.65 bits per heavy atom. The zero-order chi connectivity index (χ0) is 12.9. The largest absolute Gasteiger partial charge is 0.251 e. The highest BCUT2D eigenvalue weighted by atomic mass is 32.2. The lowest BCUT2D eigenvalue weighted by Crippen LogP contribution is -2.33. The molecule has 0 fully saturated rings. The van der Waals surface area contributed by atoms with E-state index in [-0.39, 0.29) is 4.21 Å². The Labute approximate surface area is 106 Å². The fourth-order valence-corrected chi connectivity index (χ4v) is 3.86. The van der Waals surface area contributed by atoms with Crippen LogP contribution in [-0.4, -0.2) is 14.5 Å². The van der Waals surface area contributed by atoms with Crippen molar-refractivity contribution in [3.8, 4) is 6.07 Å². The van der Waals surface area contributed by atoms with Crippen molar-refractivity contribution in [1.82, 2.24) is 4.72 Å². The molecule has 4 nitrogen and oxygen atoms in total. The Balaban J connectivity index is 2.85. The van der Waals surface area contributed by atoms with Crippen molar-refractivity contribution in [2.75, 3.05) is 0 Å². The Morgan fingerprint density at radius 1 is 1.47 bits per heavy atom. The highest BCUT2D eigenvalue weighted by Crippen LogP contribution is 2.22. The SMILES string of the molecule is CCCC(C#N)NS(=O)(=O)c1ccc(CC)s1. The van der Waals surface area contributed by atoms with E-state index in [1.165, 1.54) is 11.3 Å². The molecule has 0 radical (unpaired) electrons. The topological polar surface area (TPSA) is 70.0 Å². The van der Waals surface area contributed by atoms with Crippen molar-refractivity contribution >= 4 is 21.4 Å². The summed E-state index contributed by atoms with van der Waals surface area (Å²) in [5, 5.41) is 8.85. The van der Waals surface area contributed by atoms with Gasteiger partial charge in [0.15, 0.2) is 0 Å². The second-order valence-corrected chi connectivity index (χ2v) is 6.78. The van der Waals surface area contributed by atoms with Crippen molar-refractivity contribution in [3.63, 3.8) is 0 Å². The number of nitriles is 1. The summed E-state index contributed by atoms with van der Waals surface area (Å²) in [6.45, 7) is 3.89. The average molecular weight is 272 g/mol. The zero-order valence-corrected chi connectivity index (χ0v) is 11.6. The van der Waals surface area contributed by atoms with Crippen LogP contribution in [-0.2, 0) is 16.4 Å². The van der Waals surface area contributed by atoms with Gasteiger partial charge in [0.2, 0.25) is 0 Å². The maximum absolute atomic E-state index is 12.0. The van der Waals surface area contributed by atoms with Crippen molar-refractivity contribution in [1.29, 1.82) is 5.26 Å². The van der Waals surface area contributed by atoms with Gasteiger partial charge in [-0.2, -0.15) is 9.98 Å². The quantitative estimate of drug-likeness (QED) is 0.863. The van der Waals surface area contributed by atoms with Crippen LogP contribution in [0.2, 0.25) is 0 Å². The molecule has 1 atom stereocenters. The molecular formula is C11H16N2O2S2. The number of nitrogens with one attached hydrogen (secondary N) is 1. The number of aryl methyl sites for hydroxylation is 1. The molecule has 6 heteroatoms. The molecule has 0 aromatic carbocycles. The molecule has 0 saturated carbocycles. The van der Waals surface area contributed by atoms with Gasteiger partial charge in [0.25, 0.3) is 10.0 Å². The van der Waals surface area contributed by atoms with Crippen molar-refractivity contribution < 1.29 is 8.42 Å². The summed E-state index contributed by atoms with van der Waals surface area (Å²) in [5.41, 5.74) is 0. The summed E-state index contributed by atoms with van der Waals surface area (Å²) in [6.07, 6.45) is 2.12. The summed E-state index contributed by atoms with van der Waals surface area (Å²) in [4.78, 5) is 1.02. The minimum atomic E-state index is -3.54. The van der Waals surface area contributed by atoms with Gasteiger partial charge in [0, 0.05) is 4.88 Å². The van der Waals surface area contributed by atoms with Gasteiger partial charge >= 0.3 is 0 Å². The molecule has 1 aromatic rings. The van der Waals surface area contributed by atoms with Crippen LogP contribution in [0.1, 0.15) is 31.6 Å². The molecule has 0 aliphatic heterocycles.